The SMILES string of the molecule is C=C/C(=C\C)C1(C)CCCCC1. The van der Waals surface area contributed by atoms with Crippen LogP contribution < -0.4 is 0 Å². The van der Waals surface area contributed by atoms with Gasteiger partial charge < -0.3 is 0 Å². The Morgan fingerprint density at radius 2 is 1.83 bits per heavy atom. The van der Waals surface area contributed by atoms with Crippen molar-refractivity contribution in [2.24, 2.45) is 5.41 Å². The molecule has 0 aromatic carbocycles. The third kappa shape index (κ3) is 1.80. The molecule has 0 bridgehead atoms. The molecule has 1 aliphatic carbocycles. The van der Waals surface area contributed by atoms with E-state index in [2.05, 4.69) is 26.5 Å². The average Bonchev–Trinajstić information content (AvgIpc) is 2.07. The molecular formula is C12H20. The van der Waals surface area contributed by atoms with Crippen molar-refractivity contribution in [3.8, 4) is 0 Å². The largest absolute Gasteiger partial charge is 0.0988 e. The molecule has 0 nitrogen and oxygen atoms in total. The summed E-state index contributed by atoms with van der Waals surface area (Å²) in [5.74, 6) is 0. The molecule has 0 heterocycles. The minimum atomic E-state index is 0.439. The highest BCUT2D eigenvalue weighted by Crippen LogP contribution is 2.42. The van der Waals surface area contributed by atoms with Crippen LogP contribution in [-0.2, 0) is 0 Å². The highest BCUT2D eigenvalue weighted by Gasteiger charge is 2.28. The van der Waals surface area contributed by atoms with Crippen LogP contribution in [0.4, 0.5) is 0 Å². The Balaban J connectivity index is 2.74. The molecule has 0 spiro atoms. The van der Waals surface area contributed by atoms with Crippen molar-refractivity contribution in [2.45, 2.75) is 46.0 Å². The van der Waals surface area contributed by atoms with Gasteiger partial charge in [-0.05, 0) is 30.8 Å². The zero-order valence-corrected chi connectivity index (χ0v) is 8.40. The van der Waals surface area contributed by atoms with Crippen LogP contribution in [0.1, 0.15) is 46.0 Å². The molecule has 12 heavy (non-hydrogen) atoms. The van der Waals surface area contributed by atoms with E-state index in [0.717, 1.165) is 0 Å². The van der Waals surface area contributed by atoms with Gasteiger partial charge in [-0.25, -0.2) is 0 Å². The van der Waals surface area contributed by atoms with E-state index in [-0.39, 0.29) is 0 Å². The monoisotopic (exact) mass is 164 g/mol. The van der Waals surface area contributed by atoms with Crippen LogP contribution in [0.5, 0.6) is 0 Å². The van der Waals surface area contributed by atoms with Gasteiger partial charge in [0.15, 0.2) is 0 Å². The quantitative estimate of drug-likeness (QED) is 0.539. The first-order valence-corrected chi connectivity index (χ1v) is 5.02. The molecule has 0 atom stereocenters. The van der Waals surface area contributed by atoms with Crippen molar-refractivity contribution in [3.63, 3.8) is 0 Å². The van der Waals surface area contributed by atoms with Crippen molar-refractivity contribution in [2.75, 3.05) is 0 Å². The van der Waals surface area contributed by atoms with Crippen LogP contribution in [-0.4, -0.2) is 0 Å². The third-order valence-electron chi connectivity index (χ3n) is 3.18. The van der Waals surface area contributed by atoms with E-state index in [1.807, 2.05) is 6.08 Å². The number of rotatable bonds is 2. The molecule has 0 heteroatoms. The van der Waals surface area contributed by atoms with Gasteiger partial charge >= 0.3 is 0 Å². The molecule has 1 fully saturated rings. The van der Waals surface area contributed by atoms with Crippen LogP contribution in [0.2, 0.25) is 0 Å². The fourth-order valence-electron chi connectivity index (χ4n) is 2.33. The van der Waals surface area contributed by atoms with Crippen LogP contribution in [0, 0.1) is 5.41 Å². The van der Waals surface area contributed by atoms with E-state index in [0.29, 0.717) is 5.41 Å². The first-order valence-electron chi connectivity index (χ1n) is 5.02. The normalized spacial score (nSPS) is 23.7. The molecular weight excluding hydrogens is 144 g/mol. The third-order valence-corrected chi connectivity index (χ3v) is 3.18. The summed E-state index contributed by atoms with van der Waals surface area (Å²) in [4.78, 5) is 0. The maximum absolute atomic E-state index is 3.88. The maximum atomic E-state index is 3.88. The Morgan fingerprint density at radius 1 is 1.25 bits per heavy atom. The summed E-state index contributed by atoms with van der Waals surface area (Å²) < 4.78 is 0. The van der Waals surface area contributed by atoms with Crippen molar-refractivity contribution in [3.05, 3.63) is 24.3 Å². The molecule has 0 amide bonds. The summed E-state index contributed by atoms with van der Waals surface area (Å²) in [5.41, 5.74) is 1.89. The fourth-order valence-corrected chi connectivity index (χ4v) is 2.33. The van der Waals surface area contributed by atoms with E-state index >= 15 is 0 Å². The molecule has 68 valence electrons. The summed E-state index contributed by atoms with van der Waals surface area (Å²) >= 11 is 0. The van der Waals surface area contributed by atoms with Crippen LogP contribution in [0.3, 0.4) is 0 Å². The number of allylic oxidation sites excluding steroid dienone is 3. The van der Waals surface area contributed by atoms with E-state index in [9.17, 15) is 0 Å². The molecule has 0 aromatic rings. The van der Waals surface area contributed by atoms with Gasteiger partial charge in [-0.1, -0.05) is 44.9 Å². The lowest BCUT2D eigenvalue weighted by Crippen LogP contribution is -2.21. The summed E-state index contributed by atoms with van der Waals surface area (Å²) in [6, 6.07) is 0. The predicted octanol–water partition coefficient (Wildman–Crippen LogP) is 4.09. The summed E-state index contributed by atoms with van der Waals surface area (Å²) in [6.45, 7) is 8.38. The minimum Gasteiger partial charge on any atom is -0.0988 e. The van der Waals surface area contributed by atoms with Crippen molar-refractivity contribution < 1.29 is 0 Å². The van der Waals surface area contributed by atoms with Gasteiger partial charge in [0.25, 0.3) is 0 Å². The second kappa shape index (κ2) is 3.93. The zero-order chi connectivity index (χ0) is 9.03. The van der Waals surface area contributed by atoms with E-state index < -0.39 is 0 Å². The molecule has 0 radical (unpaired) electrons. The molecule has 0 saturated heterocycles. The van der Waals surface area contributed by atoms with Gasteiger partial charge in [0, 0.05) is 0 Å². The first kappa shape index (κ1) is 9.57. The highest BCUT2D eigenvalue weighted by molar-refractivity contribution is 5.24. The summed E-state index contributed by atoms with van der Waals surface area (Å²) in [5, 5.41) is 0. The van der Waals surface area contributed by atoms with Gasteiger partial charge in [-0.15, -0.1) is 0 Å². The Labute approximate surface area is 76.4 Å². The second-order valence-corrected chi connectivity index (χ2v) is 4.07. The van der Waals surface area contributed by atoms with Crippen molar-refractivity contribution in [1.29, 1.82) is 0 Å². The van der Waals surface area contributed by atoms with E-state index in [1.165, 1.54) is 37.7 Å². The topological polar surface area (TPSA) is 0 Å². The second-order valence-electron chi connectivity index (χ2n) is 4.07. The Bertz CT molecular complexity index is 180. The average molecular weight is 164 g/mol. The maximum Gasteiger partial charge on any atom is -0.00787 e. The van der Waals surface area contributed by atoms with Crippen LogP contribution >= 0.6 is 0 Å². The van der Waals surface area contributed by atoms with Gasteiger partial charge in [0.05, 0.1) is 0 Å². The molecule has 1 saturated carbocycles. The van der Waals surface area contributed by atoms with Crippen molar-refractivity contribution >= 4 is 0 Å². The minimum absolute atomic E-state index is 0.439. The fraction of sp³-hybridized carbons (Fsp3) is 0.667. The molecule has 0 N–H and O–H groups in total. The standard InChI is InChI=1S/C12H20/c1-4-11(5-2)12(3)9-7-6-8-10-12/h4-5H,1,6-10H2,2-3H3/b11-5+. The Morgan fingerprint density at radius 3 is 2.25 bits per heavy atom. The summed E-state index contributed by atoms with van der Waals surface area (Å²) in [7, 11) is 0. The molecule has 0 unspecified atom stereocenters. The highest BCUT2D eigenvalue weighted by atomic mass is 14.3. The van der Waals surface area contributed by atoms with Crippen LogP contribution in [0.25, 0.3) is 0 Å². The lowest BCUT2D eigenvalue weighted by molar-refractivity contribution is 0.273. The number of hydrogen-bond donors (Lipinski definition) is 0. The lowest BCUT2D eigenvalue weighted by Gasteiger charge is -2.34. The lowest BCUT2D eigenvalue weighted by atomic mass is 9.70. The van der Waals surface area contributed by atoms with Gasteiger partial charge in [-0.2, -0.15) is 0 Å². The van der Waals surface area contributed by atoms with Crippen LogP contribution in [0.15, 0.2) is 24.3 Å². The van der Waals surface area contributed by atoms with Gasteiger partial charge in [0.2, 0.25) is 0 Å². The molecule has 0 aromatic heterocycles. The summed E-state index contributed by atoms with van der Waals surface area (Å²) in [6.07, 6.45) is 11.1. The molecule has 1 rings (SSSR count). The zero-order valence-electron chi connectivity index (χ0n) is 8.40. The Hall–Kier alpha value is -0.520. The first-order chi connectivity index (χ1) is 5.73. The van der Waals surface area contributed by atoms with E-state index in [4.69, 9.17) is 0 Å². The van der Waals surface area contributed by atoms with E-state index in [1.54, 1.807) is 0 Å². The number of hydrogen-bond acceptors (Lipinski definition) is 0. The Kier molecular flexibility index (Phi) is 3.13. The van der Waals surface area contributed by atoms with Gasteiger partial charge in [0.1, 0.15) is 0 Å². The van der Waals surface area contributed by atoms with Gasteiger partial charge in [-0.3, -0.25) is 0 Å². The predicted molar refractivity (Wildman–Crippen MR) is 55.1 cm³/mol. The smallest absolute Gasteiger partial charge is 0.00787 e. The molecule has 0 aliphatic heterocycles. The molecule has 1 aliphatic rings. The van der Waals surface area contributed by atoms with Crippen molar-refractivity contribution in [1.82, 2.24) is 0 Å².